The van der Waals surface area contributed by atoms with Crippen molar-refractivity contribution >= 4 is 29.2 Å². The van der Waals surface area contributed by atoms with E-state index in [0.29, 0.717) is 21.4 Å². The van der Waals surface area contributed by atoms with Gasteiger partial charge in [-0.15, -0.1) is 5.10 Å². The Bertz CT molecular complexity index is 610. The Labute approximate surface area is 113 Å². The lowest BCUT2D eigenvalue weighted by atomic mass is 10.3. The minimum Gasteiger partial charge on any atom is -0.464 e. The van der Waals surface area contributed by atoms with Gasteiger partial charge in [-0.05, 0) is 25.1 Å². The van der Waals surface area contributed by atoms with Crippen molar-refractivity contribution in [1.29, 1.82) is 0 Å². The predicted molar refractivity (Wildman–Crippen MR) is 67.5 cm³/mol. The molecule has 0 spiro atoms. The number of benzene rings is 1. The van der Waals surface area contributed by atoms with Crippen molar-refractivity contribution in [2.45, 2.75) is 6.92 Å². The molecule has 0 aliphatic carbocycles. The number of halogens is 2. The lowest BCUT2D eigenvalue weighted by molar-refractivity contribution is 0.0592. The number of carbonyl (C=O) groups is 1. The van der Waals surface area contributed by atoms with E-state index in [1.165, 1.54) is 11.9 Å². The molecule has 7 heteroatoms. The van der Waals surface area contributed by atoms with E-state index >= 15 is 0 Å². The maximum Gasteiger partial charge on any atom is 0.360 e. The summed E-state index contributed by atoms with van der Waals surface area (Å²) in [6.45, 7) is 1.67. The fourth-order valence-electron chi connectivity index (χ4n) is 1.39. The third-order valence-corrected chi connectivity index (χ3v) is 3.03. The average molecular weight is 286 g/mol. The predicted octanol–water partition coefficient (Wildman–Crippen LogP) is 2.67. The summed E-state index contributed by atoms with van der Waals surface area (Å²) in [4.78, 5) is 12.7. The van der Waals surface area contributed by atoms with Crippen LogP contribution in [0.25, 0.3) is 5.69 Å². The number of rotatable bonds is 2. The molecule has 2 rings (SSSR count). The van der Waals surface area contributed by atoms with Gasteiger partial charge in [0.1, 0.15) is 0 Å². The molecule has 0 N–H and O–H groups in total. The number of hydrogen-bond donors (Lipinski definition) is 0. The van der Waals surface area contributed by atoms with Gasteiger partial charge in [0.25, 0.3) is 0 Å². The number of hydrogen-bond acceptors (Lipinski definition) is 4. The number of esters is 1. The van der Waals surface area contributed by atoms with Crippen LogP contribution in [0.4, 0.5) is 0 Å². The fraction of sp³-hybridized carbons (Fsp3) is 0.182. The second-order valence-corrected chi connectivity index (χ2v) is 4.33. The highest BCUT2D eigenvalue weighted by molar-refractivity contribution is 6.42. The summed E-state index contributed by atoms with van der Waals surface area (Å²) in [6, 6.07) is 4.95. The molecule has 0 fully saturated rings. The van der Waals surface area contributed by atoms with Gasteiger partial charge in [-0.25, -0.2) is 4.79 Å². The molecular formula is C11H9Cl2N3O2. The van der Waals surface area contributed by atoms with Crippen molar-refractivity contribution in [3.05, 3.63) is 39.6 Å². The van der Waals surface area contributed by atoms with Crippen molar-refractivity contribution in [2.24, 2.45) is 0 Å². The zero-order valence-corrected chi connectivity index (χ0v) is 11.2. The van der Waals surface area contributed by atoms with Crippen LogP contribution in [0.3, 0.4) is 0 Å². The van der Waals surface area contributed by atoms with Crippen molar-refractivity contribution in [1.82, 2.24) is 15.0 Å². The van der Waals surface area contributed by atoms with E-state index in [2.05, 4.69) is 14.9 Å². The Balaban J connectivity index is 2.45. The molecule has 0 saturated heterocycles. The van der Waals surface area contributed by atoms with E-state index in [-0.39, 0.29) is 5.69 Å². The highest BCUT2D eigenvalue weighted by Crippen LogP contribution is 2.24. The number of carbonyl (C=O) groups excluding carboxylic acids is 1. The SMILES string of the molecule is COC(=O)c1nn(-c2ccc(Cl)c(Cl)c2)nc1C. The van der Waals surface area contributed by atoms with Crippen LogP contribution >= 0.6 is 23.2 Å². The highest BCUT2D eigenvalue weighted by Gasteiger charge is 2.16. The molecule has 2 aromatic rings. The first-order valence-electron chi connectivity index (χ1n) is 5.00. The van der Waals surface area contributed by atoms with Gasteiger partial charge in [0.05, 0.1) is 28.5 Å². The third-order valence-electron chi connectivity index (χ3n) is 2.30. The lowest BCUT2D eigenvalue weighted by Crippen LogP contribution is -2.05. The van der Waals surface area contributed by atoms with Crippen molar-refractivity contribution in [2.75, 3.05) is 7.11 Å². The Morgan fingerprint density at radius 3 is 2.61 bits per heavy atom. The van der Waals surface area contributed by atoms with Gasteiger partial charge in [-0.2, -0.15) is 9.90 Å². The molecule has 0 atom stereocenters. The van der Waals surface area contributed by atoms with Gasteiger partial charge in [-0.3, -0.25) is 0 Å². The summed E-state index contributed by atoms with van der Waals surface area (Å²) in [5.74, 6) is -0.529. The zero-order valence-electron chi connectivity index (χ0n) is 9.65. The molecule has 0 saturated carbocycles. The fourth-order valence-corrected chi connectivity index (χ4v) is 1.68. The number of methoxy groups -OCH3 is 1. The third kappa shape index (κ3) is 2.32. The Kier molecular flexibility index (Phi) is 3.54. The molecular weight excluding hydrogens is 277 g/mol. The van der Waals surface area contributed by atoms with Crippen LogP contribution in [0.1, 0.15) is 16.2 Å². The molecule has 0 aliphatic rings. The standard InChI is InChI=1S/C11H9Cl2N3O2/c1-6-10(11(17)18-2)15-16(14-6)7-3-4-8(12)9(13)5-7/h3-5H,1-2H3. The summed E-state index contributed by atoms with van der Waals surface area (Å²) in [5, 5.41) is 9.01. The number of aryl methyl sites for hydroxylation is 1. The van der Waals surface area contributed by atoms with Crippen LogP contribution < -0.4 is 0 Å². The first-order chi connectivity index (χ1) is 8.52. The van der Waals surface area contributed by atoms with Crippen molar-refractivity contribution in [3.8, 4) is 5.69 Å². The quantitative estimate of drug-likeness (QED) is 0.796. The number of nitrogens with zero attached hydrogens (tertiary/aromatic N) is 3. The molecule has 0 radical (unpaired) electrons. The summed E-state index contributed by atoms with van der Waals surface area (Å²) in [7, 11) is 1.29. The molecule has 0 amide bonds. The van der Waals surface area contributed by atoms with Crippen molar-refractivity contribution in [3.63, 3.8) is 0 Å². The van der Waals surface area contributed by atoms with Gasteiger partial charge in [0, 0.05) is 0 Å². The van der Waals surface area contributed by atoms with Gasteiger partial charge in [-0.1, -0.05) is 23.2 Å². The molecule has 5 nitrogen and oxygen atoms in total. The minimum atomic E-state index is -0.529. The van der Waals surface area contributed by atoms with E-state index in [4.69, 9.17) is 23.2 Å². The maximum atomic E-state index is 11.4. The second-order valence-electron chi connectivity index (χ2n) is 3.51. The first-order valence-corrected chi connectivity index (χ1v) is 5.76. The van der Waals surface area contributed by atoms with E-state index in [0.717, 1.165) is 0 Å². The number of ether oxygens (including phenoxy) is 1. The Morgan fingerprint density at radius 1 is 1.28 bits per heavy atom. The van der Waals surface area contributed by atoms with Crippen LogP contribution in [-0.2, 0) is 4.74 Å². The molecule has 0 aliphatic heterocycles. The topological polar surface area (TPSA) is 57.0 Å². The molecule has 0 bridgehead atoms. The van der Waals surface area contributed by atoms with E-state index in [9.17, 15) is 4.79 Å². The molecule has 18 heavy (non-hydrogen) atoms. The van der Waals surface area contributed by atoms with E-state index in [1.807, 2.05) is 0 Å². The summed E-state index contributed by atoms with van der Waals surface area (Å²) in [6.07, 6.45) is 0. The summed E-state index contributed by atoms with van der Waals surface area (Å²) < 4.78 is 4.61. The van der Waals surface area contributed by atoms with Crippen LogP contribution in [0, 0.1) is 6.92 Å². The zero-order chi connectivity index (χ0) is 13.3. The number of aromatic nitrogens is 3. The molecule has 94 valence electrons. The van der Waals surface area contributed by atoms with E-state index < -0.39 is 5.97 Å². The maximum absolute atomic E-state index is 11.4. The van der Waals surface area contributed by atoms with Crippen molar-refractivity contribution < 1.29 is 9.53 Å². The molecule has 0 unspecified atom stereocenters. The van der Waals surface area contributed by atoms with E-state index in [1.54, 1.807) is 25.1 Å². The van der Waals surface area contributed by atoms with Gasteiger partial charge >= 0.3 is 5.97 Å². The van der Waals surface area contributed by atoms with Crippen LogP contribution in [-0.4, -0.2) is 28.1 Å². The normalized spacial score (nSPS) is 10.4. The Morgan fingerprint density at radius 2 is 2.00 bits per heavy atom. The monoisotopic (exact) mass is 285 g/mol. The molecule has 1 heterocycles. The second kappa shape index (κ2) is 4.96. The first kappa shape index (κ1) is 12.9. The smallest absolute Gasteiger partial charge is 0.360 e. The van der Waals surface area contributed by atoms with Crippen LogP contribution in [0.15, 0.2) is 18.2 Å². The summed E-state index contributed by atoms with van der Waals surface area (Å²) in [5.41, 5.74) is 1.26. The average Bonchev–Trinajstić information content (AvgIpc) is 2.74. The highest BCUT2D eigenvalue weighted by atomic mass is 35.5. The molecule has 1 aromatic carbocycles. The van der Waals surface area contributed by atoms with Gasteiger partial charge in [0.15, 0.2) is 5.69 Å². The lowest BCUT2D eigenvalue weighted by Gasteiger charge is -2.01. The van der Waals surface area contributed by atoms with Gasteiger partial charge in [0.2, 0.25) is 0 Å². The summed E-state index contributed by atoms with van der Waals surface area (Å²) >= 11 is 11.7. The van der Waals surface area contributed by atoms with Gasteiger partial charge < -0.3 is 4.74 Å². The minimum absolute atomic E-state index is 0.170. The Hall–Kier alpha value is -1.59. The molecule has 1 aromatic heterocycles. The van der Waals surface area contributed by atoms with Crippen LogP contribution in [0.2, 0.25) is 10.0 Å². The van der Waals surface area contributed by atoms with Crippen LogP contribution in [0.5, 0.6) is 0 Å². The largest absolute Gasteiger partial charge is 0.464 e.